The fourth-order valence-electron chi connectivity index (χ4n) is 7.90. The molecule has 284 valence electrons. The van der Waals surface area contributed by atoms with E-state index in [1.165, 1.54) is 0 Å². The van der Waals surface area contributed by atoms with Crippen LogP contribution in [0.2, 0.25) is 0 Å². The van der Waals surface area contributed by atoms with Gasteiger partial charge in [-0.1, -0.05) is 17.3 Å². The van der Waals surface area contributed by atoms with Crippen LogP contribution in [0.3, 0.4) is 0 Å². The minimum Gasteiger partial charge on any atom is -0.490 e. The smallest absolute Gasteiger partial charge is 0.261 e. The molecule has 16 heteroatoms. The highest BCUT2D eigenvalue weighted by atomic mass is 19.1. The van der Waals surface area contributed by atoms with Gasteiger partial charge in [0.1, 0.15) is 29.2 Å². The maximum Gasteiger partial charge on any atom is 0.261 e. The molecule has 15 nitrogen and oxygen atoms in total. The van der Waals surface area contributed by atoms with Gasteiger partial charge in [0.05, 0.1) is 11.1 Å². The zero-order valence-corrected chi connectivity index (χ0v) is 30.2. The number of carbonyl (C=O) groups excluding carboxylic acids is 4. The number of ether oxygens (including phenoxy) is 1. The summed E-state index contributed by atoms with van der Waals surface area (Å²) in [5.41, 5.74) is 3.32. The van der Waals surface area contributed by atoms with Gasteiger partial charge in [0, 0.05) is 55.8 Å². The van der Waals surface area contributed by atoms with Crippen LogP contribution in [0.25, 0.3) is 33.6 Å². The van der Waals surface area contributed by atoms with Crippen molar-refractivity contribution in [2.24, 2.45) is 5.92 Å². The quantitative estimate of drug-likeness (QED) is 0.153. The van der Waals surface area contributed by atoms with E-state index in [-0.39, 0.29) is 30.9 Å². The van der Waals surface area contributed by atoms with Crippen LogP contribution in [0, 0.1) is 18.7 Å². The van der Waals surface area contributed by atoms with Gasteiger partial charge in [-0.05, 0) is 98.2 Å². The third-order valence-corrected chi connectivity index (χ3v) is 10.9. The van der Waals surface area contributed by atoms with Gasteiger partial charge in [-0.2, -0.15) is 5.21 Å². The van der Waals surface area contributed by atoms with Gasteiger partial charge < -0.3 is 19.1 Å². The molecule has 3 aliphatic rings. The van der Waals surface area contributed by atoms with Crippen molar-refractivity contribution < 1.29 is 32.8 Å². The number of nitrogens with one attached hydrogen (secondary N) is 2. The van der Waals surface area contributed by atoms with Crippen LogP contribution in [-0.4, -0.2) is 105 Å². The molecule has 0 saturated carbocycles. The molecule has 1 unspecified atom stereocenters. The number of anilines is 1. The minimum atomic E-state index is -1.12. The number of hydrogen-bond donors (Lipinski definition) is 2. The molecule has 3 saturated heterocycles. The van der Waals surface area contributed by atoms with Gasteiger partial charge in [-0.3, -0.25) is 29.4 Å². The second-order valence-electron chi connectivity index (χ2n) is 14.5. The maximum absolute atomic E-state index is 15.5. The molecule has 8 rings (SSSR count). The lowest BCUT2D eigenvalue weighted by molar-refractivity contribution is -0.139. The van der Waals surface area contributed by atoms with E-state index in [0.717, 1.165) is 84.1 Å². The average molecular weight is 750 g/mol. The van der Waals surface area contributed by atoms with Gasteiger partial charge >= 0.3 is 0 Å². The Hall–Kier alpha value is -6.03. The lowest BCUT2D eigenvalue weighted by Gasteiger charge is -2.38. The van der Waals surface area contributed by atoms with Gasteiger partial charge in [-0.25, -0.2) is 4.39 Å². The number of H-pyrrole nitrogens is 1. The zero-order valence-electron chi connectivity index (χ0n) is 30.2. The number of hydrogen-bond acceptors (Lipinski definition) is 12. The highest BCUT2D eigenvalue weighted by Crippen LogP contribution is 2.34. The summed E-state index contributed by atoms with van der Waals surface area (Å²) in [7, 11) is 0. The number of likely N-dealkylation sites (tertiary alicyclic amines) is 1. The van der Waals surface area contributed by atoms with Crippen LogP contribution < -0.4 is 15.0 Å². The number of imide groups is 2. The maximum atomic E-state index is 15.5. The molecule has 5 heterocycles. The Morgan fingerprint density at radius 1 is 1.02 bits per heavy atom. The number of halogens is 1. The first-order chi connectivity index (χ1) is 26.7. The first-order valence-corrected chi connectivity index (χ1v) is 18.5. The van der Waals surface area contributed by atoms with Crippen molar-refractivity contribution in [1.29, 1.82) is 0 Å². The van der Waals surface area contributed by atoms with Crippen molar-refractivity contribution in [3.05, 3.63) is 71.5 Å². The molecule has 55 heavy (non-hydrogen) atoms. The Balaban J connectivity index is 0.826. The van der Waals surface area contributed by atoms with Crippen LogP contribution in [0.1, 0.15) is 54.4 Å². The van der Waals surface area contributed by atoms with Crippen LogP contribution in [0.15, 0.2) is 59.1 Å². The largest absolute Gasteiger partial charge is 0.490 e. The van der Waals surface area contributed by atoms with E-state index in [0.29, 0.717) is 41.8 Å². The molecule has 2 aromatic heterocycles. The van der Waals surface area contributed by atoms with E-state index in [2.05, 4.69) is 36.0 Å². The summed E-state index contributed by atoms with van der Waals surface area (Å²) >= 11 is 0. The summed E-state index contributed by atoms with van der Waals surface area (Å²) in [5.74, 6) is -0.119. The highest BCUT2D eigenvalue weighted by Gasteiger charge is 2.36. The Morgan fingerprint density at radius 3 is 2.58 bits per heavy atom. The average Bonchev–Trinajstić information content (AvgIpc) is 3.89. The van der Waals surface area contributed by atoms with Crippen LogP contribution in [-0.2, 0) is 14.4 Å². The van der Waals surface area contributed by atoms with E-state index in [1.807, 2.05) is 47.4 Å². The number of aromatic amines is 1. The number of amides is 4. The third-order valence-electron chi connectivity index (χ3n) is 10.9. The number of tetrazole rings is 1. The van der Waals surface area contributed by atoms with Gasteiger partial charge in [0.25, 0.3) is 5.91 Å². The Bertz CT molecular complexity index is 2230. The lowest BCUT2D eigenvalue weighted by Crippen LogP contribution is -2.54. The molecule has 4 amide bonds. The summed E-state index contributed by atoms with van der Waals surface area (Å²) in [5, 5.41) is 21.5. The molecule has 3 aliphatic heterocycles. The number of fused-ring (bicyclic) bond motifs is 1. The van der Waals surface area contributed by atoms with Crippen LogP contribution >= 0.6 is 0 Å². The van der Waals surface area contributed by atoms with E-state index in [4.69, 9.17) is 9.26 Å². The predicted molar refractivity (Wildman–Crippen MR) is 197 cm³/mol. The SMILES string of the molecule is Cc1cc(N2CCC(CN3CCC(Oc4cccc(-c5onc6ccc(-c7nn[nH]n7)cc56)c4)CC3)CC2)c(F)cc1C(=O)N(C=O)C1CCC(=O)NC1=O. The number of aryl methyl sites for hydroxylation is 1. The Kier molecular flexibility index (Phi) is 10.1. The Morgan fingerprint density at radius 2 is 1.84 bits per heavy atom. The van der Waals surface area contributed by atoms with Crippen molar-refractivity contribution >= 4 is 40.7 Å². The molecule has 0 aliphatic carbocycles. The predicted octanol–water partition coefficient (Wildman–Crippen LogP) is 4.29. The molecule has 0 bridgehead atoms. The molecule has 0 radical (unpaired) electrons. The van der Waals surface area contributed by atoms with Gasteiger partial charge in [0.2, 0.25) is 24.0 Å². The summed E-state index contributed by atoms with van der Waals surface area (Å²) in [6.07, 6.45) is 4.02. The fourth-order valence-corrected chi connectivity index (χ4v) is 7.90. The zero-order chi connectivity index (χ0) is 38.1. The molecular formula is C39H40FN9O6. The molecule has 1 atom stereocenters. The molecule has 2 N–H and O–H groups in total. The Labute approximate surface area is 315 Å². The number of carbonyl (C=O) groups is 4. The number of piperidine rings is 3. The van der Waals surface area contributed by atoms with Gasteiger partial charge in [0.15, 0.2) is 5.76 Å². The second-order valence-corrected chi connectivity index (χ2v) is 14.5. The van der Waals surface area contributed by atoms with Crippen molar-refractivity contribution in [3.63, 3.8) is 0 Å². The van der Waals surface area contributed by atoms with Crippen molar-refractivity contribution in [2.75, 3.05) is 37.6 Å². The van der Waals surface area contributed by atoms with E-state index in [9.17, 15) is 19.2 Å². The van der Waals surface area contributed by atoms with E-state index in [1.54, 1.807) is 13.0 Å². The first-order valence-electron chi connectivity index (χ1n) is 18.5. The van der Waals surface area contributed by atoms with Crippen molar-refractivity contribution in [2.45, 2.75) is 57.6 Å². The topological polar surface area (TPSA) is 180 Å². The van der Waals surface area contributed by atoms with Crippen molar-refractivity contribution in [3.8, 4) is 28.5 Å². The normalized spacial score (nSPS) is 18.7. The number of aromatic nitrogens is 5. The minimum absolute atomic E-state index is 0.00720. The monoisotopic (exact) mass is 749 g/mol. The standard InChI is InChI=1S/C39H40FN9O6/c1-23-17-34(31(40)20-29(23)39(53)49(22-50)33-7-8-35(51)41-38(33)52)48-15-9-24(10-16-48)21-47-13-11-27(12-14-47)54-28-4-2-3-25(18-28)36-30-19-26(37-42-45-46-43-37)5-6-32(30)44-55-36/h2-6,17-20,22,24,27,33H,7-16,21H2,1H3,(H,41,51,52)(H,42,43,45,46). The summed E-state index contributed by atoms with van der Waals surface area (Å²) < 4.78 is 27.7. The molecule has 3 fully saturated rings. The van der Waals surface area contributed by atoms with Crippen molar-refractivity contribution in [1.82, 2.24) is 40.9 Å². The van der Waals surface area contributed by atoms with E-state index < -0.39 is 29.6 Å². The van der Waals surface area contributed by atoms with Gasteiger partial charge in [-0.15, -0.1) is 10.2 Å². The summed E-state index contributed by atoms with van der Waals surface area (Å²) in [6, 6.07) is 15.2. The number of nitrogens with zero attached hydrogens (tertiary/aromatic N) is 7. The first kappa shape index (κ1) is 36.0. The van der Waals surface area contributed by atoms with Crippen LogP contribution in [0.5, 0.6) is 5.75 Å². The van der Waals surface area contributed by atoms with Crippen LogP contribution in [0.4, 0.5) is 10.1 Å². The molecule has 5 aromatic rings. The fraction of sp³-hybridized carbons (Fsp3) is 0.385. The number of benzene rings is 3. The third kappa shape index (κ3) is 7.54. The summed E-state index contributed by atoms with van der Waals surface area (Å²) in [6.45, 7) is 5.87. The lowest BCUT2D eigenvalue weighted by atomic mass is 9.94. The van der Waals surface area contributed by atoms with E-state index >= 15 is 4.39 Å². The molecule has 0 spiro atoms. The highest BCUT2D eigenvalue weighted by molar-refractivity contribution is 6.07. The number of rotatable bonds is 10. The molecule has 3 aromatic carbocycles. The second kappa shape index (κ2) is 15.4. The summed E-state index contributed by atoms with van der Waals surface area (Å²) in [4.78, 5) is 54.2. The molecular weight excluding hydrogens is 709 g/mol.